The zero-order valence-corrected chi connectivity index (χ0v) is 26.4. The molecule has 0 aliphatic carbocycles. The number of amides is 5. The Morgan fingerprint density at radius 1 is 0.755 bits per heavy atom. The highest BCUT2D eigenvalue weighted by Crippen LogP contribution is 2.18. The highest BCUT2D eigenvalue weighted by molar-refractivity contribution is 5.97. The highest BCUT2D eigenvalue weighted by Gasteiger charge is 2.37. The van der Waals surface area contributed by atoms with Gasteiger partial charge in [-0.25, -0.2) is 4.79 Å². The van der Waals surface area contributed by atoms with Crippen molar-refractivity contribution in [2.75, 3.05) is 19.6 Å². The molecule has 0 radical (unpaired) electrons. The van der Waals surface area contributed by atoms with Crippen molar-refractivity contribution in [1.82, 2.24) is 31.5 Å². The highest BCUT2D eigenvalue weighted by atomic mass is 16.4. The summed E-state index contributed by atoms with van der Waals surface area (Å²) in [5.74, 6) is -10.9. The van der Waals surface area contributed by atoms with Crippen molar-refractivity contribution < 1.29 is 63.6 Å². The summed E-state index contributed by atoms with van der Waals surface area (Å²) in [6, 6.07) is -7.42. The fourth-order valence-electron chi connectivity index (χ4n) is 4.67. The van der Waals surface area contributed by atoms with Crippen molar-refractivity contribution in [3.05, 3.63) is 0 Å². The molecular formula is C27H43N9O13. The van der Waals surface area contributed by atoms with Crippen molar-refractivity contribution in [1.29, 1.82) is 5.41 Å². The van der Waals surface area contributed by atoms with Gasteiger partial charge in [0.25, 0.3) is 0 Å². The second-order valence-electron chi connectivity index (χ2n) is 11.0. The van der Waals surface area contributed by atoms with Crippen LogP contribution in [0.4, 0.5) is 0 Å². The lowest BCUT2D eigenvalue weighted by molar-refractivity contribution is -0.144. The smallest absolute Gasteiger partial charge is 0.326 e. The number of carboxylic acids is 4. The molecule has 274 valence electrons. The molecule has 5 atom stereocenters. The minimum Gasteiger partial charge on any atom is -0.481 e. The van der Waals surface area contributed by atoms with Gasteiger partial charge in [0.15, 0.2) is 5.96 Å². The predicted molar refractivity (Wildman–Crippen MR) is 164 cm³/mol. The van der Waals surface area contributed by atoms with Crippen LogP contribution in [-0.4, -0.2) is 135 Å². The summed E-state index contributed by atoms with van der Waals surface area (Å²) >= 11 is 0. The second-order valence-corrected chi connectivity index (χ2v) is 11.0. The minimum atomic E-state index is -1.91. The largest absolute Gasteiger partial charge is 0.481 e. The molecule has 1 rings (SSSR count). The lowest BCUT2D eigenvalue weighted by atomic mass is 10.1. The molecule has 0 spiro atoms. The molecule has 22 heteroatoms. The van der Waals surface area contributed by atoms with Crippen molar-refractivity contribution in [3.8, 4) is 0 Å². The summed E-state index contributed by atoms with van der Waals surface area (Å²) in [7, 11) is 0. The van der Waals surface area contributed by atoms with E-state index in [4.69, 9.17) is 27.1 Å². The molecule has 0 aromatic carbocycles. The van der Waals surface area contributed by atoms with E-state index in [1.807, 2.05) is 5.32 Å². The minimum absolute atomic E-state index is 0.106. The van der Waals surface area contributed by atoms with Crippen molar-refractivity contribution in [2.45, 2.75) is 88.0 Å². The monoisotopic (exact) mass is 701 g/mol. The van der Waals surface area contributed by atoms with Crippen molar-refractivity contribution in [2.24, 2.45) is 11.5 Å². The Labute approximate surface area is 279 Å². The number of aliphatic carboxylic acids is 4. The number of nitrogens with zero attached hydrogens (tertiary/aromatic N) is 1. The topological polar surface area (TPSA) is 374 Å². The third kappa shape index (κ3) is 15.7. The molecule has 0 aromatic heterocycles. The lowest BCUT2D eigenvalue weighted by Crippen LogP contribution is -2.58. The van der Waals surface area contributed by atoms with Gasteiger partial charge in [-0.1, -0.05) is 0 Å². The number of hydrogen-bond acceptors (Lipinski definition) is 11. The van der Waals surface area contributed by atoms with E-state index < -0.39 is 122 Å². The summed E-state index contributed by atoms with van der Waals surface area (Å²) < 4.78 is 0. The molecule has 1 fully saturated rings. The van der Waals surface area contributed by atoms with Crippen LogP contribution in [0.25, 0.3) is 0 Å². The zero-order chi connectivity index (χ0) is 37.3. The van der Waals surface area contributed by atoms with Gasteiger partial charge in [-0.05, 0) is 38.5 Å². The fraction of sp³-hybridized carbons (Fsp3) is 0.630. The Kier molecular flexibility index (Phi) is 17.5. The first kappa shape index (κ1) is 41.5. The first-order valence-electron chi connectivity index (χ1n) is 15.1. The number of nitrogens with two attached hydrogens (primary N) is 2. The Hall–Kier alpha value is -5.54. The van der Waals surface area contributed by atoms with Crippen LogP contribution >= 0.6 is 0 Å². The molecule has 49 heavy (non-hydrogen) atoms. The van der Waals surface area contributed by atoms with Crippen LogP contribution in [0.1, 0.15) is 57.8 Å². The summed E-state index contributed by atoms with van der Waals surface area (Å²) in [6.45, 7) is -0.103. The van der Waals surface area contributed by atoms with Crippen LogP contribution in [-0.2, 0) is 43.2 Å². The van der Waals surface area contributed by atoms with Gasteiger partial charge >= 0.3 is 23.9 Å². The first-order chi connectivity index (χ1) is 22.9. The average Bonchev–Trinajstić information content (AvgIpc) is 3.51. The maximum atomic E-state index is 13.2. The maximum absolute atomic E-state index is 13.2. The molecule has 0 bridgehead atoms. The fourth-order valence-corrected chi connectivity index (χ4v) is 4.67. The van der Waals surface area contributed by atoms with E-state index in [0.717, 1.165) is 4.90 Å². The molecule has 14 N–H and O–H groups in total. The van der Waals surface area contributed by atoms with Crippen LogP contribution < -0.4 is 38.1 Å². The van der Waals surface area contributed by atoms with Crippen LogP contribution in [0.5, 0.6) is 0 Å². The Balaban J connectivity index is 2.97. The lowest BCUT2D eigenvalue weighted by Gasteiger charge is -2.27. The van der Waals surface area contributed by atoms with E-state index >= 15 is 0 Å². The Morgan fingerprint density at radius 2 is 1.33 bits per heavy atom. The number of guanidine groups is 1. The van der Waals surface area contributed by atoms with Gasteiger partial charge in [-0.2, -0.15) is 0 Å². The van der Waals surface area contributed by atoms with Gasteiger partial charge in [-0.3, -0.25) is 43.8 Å². The van der Waals surface area contributed by atoms with E-state index in [9.17, 15) is 53.4 Å². The summed E-state index contributed by atoms with van der Waals surface area (Å²) in [5, 5.41) is 55.0. The van der Waals surface area contributed by atoms with E-state index in [1.165, 1.54) is 0 Å². The summed E-state index contributed by atoms with van der Waals surface area (Å²) in [6.07, 6.45) is -2.34. The van der Waals surface area contributed by atoms with E-state index in [-0.39, 0.29) is 25.3 Å². The van der Waals surface area contributed by atoms with Gasteiger partial charge in [-0.15, -0.1) is 0 Å². The number of carbonyl (C=O) groups excluding carboxylic acids is 5. The van der Waals surface area contributed by atoms with E-state index in [1.54, 1.807) is 0 Å². The normalized spacial score (nSPS) is 16.2. The molecule has 0 unspecified atom stereocenters. The Bertz CT molecular complexity index is 1280. The number of likely N-dealkylation sites (tertiary alicyclic amines) is 1. The molecule has 1 aliphatic heterocycles. The van der Waals surface area contributed by atoms with Gasteiger partial charge < -0.3 is 63.4 Å². The third-order valence-electron chi connectivity index (χ3n) is 7.19. The maximum Gasteiger partial charge on any atom is 0.326 e. The second kappa shape index (κ2) is 20.6. The van der Waals surface area contributed by atoms with E-state index in [2.05, 4.69) is 21.3 Å². The molecule has 5 amide bonds. The molecule has 1 saturated heterocycles. The number of rotatable bonds is 22. The van der Waals surface area contributed by atoms with Crippen molar-refractivity contribution in [3.63, 3.8) is 0 Å². The van der Waals surface area contributed by atoms with Gasteiger partial charge in [0.2, 0.25) is 29.5 Å². The van der Waals surface area contributed by atoms with Crippen LogP contribution in [0.2, 0.25) is 0 Å². The Morgan fingerprint density at radius 3 is 1.88 bits per heavy atom. The molecule has 1 heterocycles. The first-order valence-corrected chi connectivity index (χ1v) is 15.1. The summed E-state index contributed by atoms with van der Waals surface area (Å²) in [4.78, 5) is 111. The number of carbonyl (C=O) groups is 9. The third-order valence-corrected chi connectivity index (χ3v) is 7.19. The number of hydrogen-bond donors (Lipinski definition) is 12. The van der Waals surface area contributed by atoms with Crippen LogP contribution in [0.15, 0.2) is 0 Å². The molecule has 1 aliphatic rings. The van der Waals surface area contributed by atoms with E-state index in [0.29, 0.717) is 19.4 Å². The van der Waals surface area contributed by atoms with Crippen molar-refractivity contribution >= 4 is 59.4 Å². The molecule has 0 aromatic rings. The number of nitrogens with one attached hydrogen (secondary N) is 6. The molecular weight excluding hydrogens is 658 g/mol. The zero-order valence-electron chi connectivity index (χ0n) is 26.4. The number of carboxylic acid groups (broad SMARTS) is 4. The predicted octanol–water partition coefficient (Wildman–Crippen LogP) is -4.57. The molecule has 0 saturated carbocycles. The van der Waals surface area contributed by atoms with Crippen LogP contribution in [0.3, 0.4) is 0 Å². The SMILES string of the molecule is N=C(N)NCCC[C@H](N)C(=O)NCC(=O)N1CCC[C@H]1C(=O)N[C@@H](CCC(=O)O)C(=O)N[C@@H](CC(=O)O)C(=O)N[C@@H](CCC(=O)O)C(=O)O. The molecule has 22 nitrogen and oxygen atoms in total. The standard InChI is InChI=1S/C27H43N9O13/c28-13(3-1-9-31-27(29)30)22(44)32-12-18(37)36-10-2-4-17(36)25(47)33-14(5-7-19(38)39)23(45)35-16(11-21(42)43)24(46)34-15(26(48)49)6-8-20(40)41/h13-17H,1-12,28H2,(H,32,44)(H,33,47)(H,34,46)(H,35,45)(H,38,39)(H,40,41)(H,42,43)(H,48,49)(H4,29,30,31)/t13-,14-,15-,16-,17-/m0/s1. The average molecular weight is 702 g/mol. The van der Waals surface area contributed by atoms with Gasteiger partial charge in [0.05, 0.1) is 19.0 Å². The van der Waals surface area contributed by atoms with Gasteiger partial charge in [0, 0.05) is 25.9 Å². The van der Waals surface area contributed by atoms with Crippen LogP contribution in [0, 0.1) is 5.41 Å². The quantitative estimate of drug-likeness (QED) is 0.0287. The summed E-state index contributed by atoms with van der Waals surface area (Å²) in [5.41, 5.74) is 11.0. The van der Waals surface area contributed by atoms with Gasteiger partial charge in [0.1, 0.15) is 24.2 Å².